The number of hydrogen-bond donors (Lipinski definition) is 2. The Labute approximate surface area is 107 Å². The van der Waals surface area contributed by atoms with Crippen LogP contribution in [0.4, 0.5) is 5.82 Å². The molecule has 1 aliphatic rings. The first-order chi connectivity index (χ1) is 8.50. The number of nitrogens with one attached hydrogen (secondary N) is 2. The Morgan fingerprint density at radius 2 is 2.17 bits per heavy atom. The quantitative estimate of drug-likeness (QED) is 0.856. The first-order valence-corrected chi connectivity index (χ1v) is 6.31. The lowest BCUT2D eigenvalue weighted by Crippen LogP contribution is -2.34. The Bertz CT molecular complexity index is 427. The normalized spacial score (nSPS) is 21.6. The summed E-state index contributed by atoms with van der Waals surface area (Å²) in [7, 11) is 1.77. The summed E-state index contributed by atoms with van der Waals surface area (Å²) in [5, 5.41) is 5.90. The van der Waals surface area contributed by atoms with Crippen molar-refractivity contribution in [1.29, 1.82) is 0 Å². The molecule has 1 fully saturated rings. The molecule has 0 aliphatic heterocycles. The van der Waals surface area contributed by atoms with Crippen LogP contribution in [0.3, 0.4) is 0 Å². The lowest BCUT2D eigenvalue weighted by molar-refractivity contribution is 0.0930. The molecule has 1 aromatic heterocycles. The zero-order chi connectivity index (χ0) is 13.2. The van der Waals surface area contributed by atoms with Crippen LogP contribution in [0.1, 0.15) is 43.6 Å². The molecular formula is C13H20N4O. The highest BCUT2D eigenvalue weighted by molar-refractivity contribution is 5.92. The number of rotatable bonds is 3. The number of aromatic nitrogens is 2. The van der Waals surface area contributed by atoms with Crippen molar-refractivity contribution < 1.29 is 4.79 Å². The van der Waals surface area contributed by atoms with Gasteiger partial charge in [-0.3, -0.25) is 4.79 Å². The molecule has 1 unspecified atom stereocenters. The van der Waals surface area contributed by atoms with Gasteiger partial charge in [-0.1, -0.05) is 13.8 Å². The average Bonchev–Trinajstić information content (AvgIpc) is 2.68. The zero-order valence-corrected chi connectivity index (χ0v) is 11.2. The summed E-state index contributed by atoms with van der Waals surface area (Å²) in [6, 6.07) is 0.262. The monoisotopic (exact) mass is 248 g/mol. The lowest BCUT2D eigenvalue weighted by atomic mass is 9.92. The van der Waals surface area contributed by atoms with Crippen LogP contribution in [0.25, 0.3) is 0 Å². The number of carbonyl (C=O) groups excluding carboxylic acids is 1. The molecular weight excluding hydrogens is 228 g/mol. The average molecular weight is 248 g/mol. The van der Waals surface area contributed by atoms with Crippen LogP contribution in [-0.4, -0.2) is 29.0 Å². The molecule has 0 bridgehead atoms. The maximum absolute atomic E-state index is 12.0. The molecule has 1 saturated carbocycles. The van der Waals surface area contributed by atoms with E-state index in [0.29, 0.717) is 16.9 Å². The van der Waals surface area contributed by atoms with E-state index in [1.54, 1.807) is 13.2 Å². The maximum atomic E-state index is 12.0. The minimum atomic E-state index is -0.132. The standard InChI is InChI=1S/C13H20N4O/c1-13(2)5-4-9(6-13)17-12(18)10-7-16-11(14-3)8-15-10/h7-9H,4-6H2,1-3H3,(H,14,16)(H,17,18). The molecule has 0 spiro atoms. The Morgan fingerprint density at radius 3 is 2.67 bits per heavy atom. The molecule has 98 valence electrons. The van der Waals surface area contributed by atoms with Gasteiger partial charge in [0.25, 0.3) is 5.91 Å². The van der Waals surface area contributed by atoms with Crippen molar-refractivity contribution in [3.05, 3.63) is 18.1 Å². The smallest absolute Gasteiger partial charge is 0.271 e. The number of anilines is 1. The van der Waals surface area contributed by atoms with E-state index in [0.717, 1.165) is 19.3 Å². The highest BCUT2D eigenvalue weighted by Crippen LogP contribution is 2.36. The number of carbonyl (C=O) groups is 1. The summed E-state index contributed by atoms with van der Waals surface area (Å²) in [6.45, 7) is 4.47. The molecule has 18 heavy (non-hydrogen) atoms. The topological polar surface area (TPSA) is 66.9 Å². The summed E-state index contributed by atoms with van der Waals surface area (Å²) < 4.78 is 0. The van der Waals surface area contributed by atoms with Crippen LogP contribution >= 0.6 is 0 Å². The number of hydrogen-bond acceptors (Lipinski definition) is 4. The van der Waals surface area contributed by atoms with Crippen LogP contribution in [0.5, 0.6) is 0 Å². The Hall–Kier alpha value is -1.65. The lowest BCUT2D eigenvalue weighted by Gasteiger charge is -2.17. The molecule has 2 rings (SSSR count). The van der Waals surface area contributed by atoms with E-state index in [9.17, 15) is 4.79 Å². The summed E-state index contributed by atoms with van der Waals surface area (Å²) in [5.41, 5.74) is 0.707. The Kier molecular flexibility index (Phi) is 3.50. The molecule has 1 amide bonds. The van der Waals surface area contributed by atoms with Crippen molar-refractivity contribution in [1.82, 2.24) is 15.3 Å². The predicted molar refractivity (Wildman–Crippen MR) is 70.5 cm³/mol. The van der Waals surface area contributed by atoms with Crippen molar-refractivity contribution in [3.63, 3.8) is 0 Å². The van der Waals surface area contributed by atoms with Gasteiger partial charge in [-0.15, -0.1) is 0 Å². The summed E-state index contributed by atoms with van der Waals surface area (Å²) in [5.74, 6) is 0.529. The SMILES string of the molecule is CNc1cnc(C(=O)NC2CCC(C)(C)C2)cn1. The molecule has 5 nitrogen and oxygen atoms in total. The van der Waals surface area contributed by atoms with Gasteiger partial charge in [0, 0.05) is 13.1 Å². The van der Waals surface area contributed by atoms with Gasteiger partial charge in [0.15, 0.2) is 0 Å². The van der Waals surface area contributed by atoms with Crippen molar-refractivity contribution in [2.45, 2.75) is 39.2 Å². The minimum Gasteiger partial charge on any atom is -0.372 e. The van der Waals surface area contributed by atoms with Gasteiger partial charge in [-0.2, -0.15) is 0 Å². The van der Waals surface area contributed by atoms with Crippen LogP contribution < -0.4 is 10.6 Å². The second kappa shape index (κ2) is 4.92. The first kappa shape index (κ1) is 12.8. The largest absolute Gasteiger partial charge is 0.372 e. The molecule has 1 aliphatic carbocycles. The van der Waals surface area contributed by atoms with E-state index in [1.165, 1.54) is 6.20 Å². The summed E-state index contributed by atoms with van der Waals surface area (Å²) >= 11 is 0. The van der Waals surface area contributed by atoms with Crippen molar-refractivity contribution in [2.75, 3.05) is 12.4 Å². The summed E-state index contributed by atoms with van der Waals surface area (Å²) in [4.78, 5) is 20.2. The number of nitrogens with zero attached hydrogens (tertiary/aromatic N) is 2. The van der Waals surface area contributed by atoms with E-state index in [4.69, 9.17) is 0 Å². The van der Waals surface area contributed by atoms with Crippen LogP contribution in [0.15, 0.2) is 12.4 Å². The van der Waals surface area contributed by atoms with Crippen LogP contribution in [0, 0.1) is 5.41 Å². The van der Waals surface area contributed by atoms with E-state index in [1.807, 2.05) is 0 Å². The van der Waals surface area contributed by atoms with Crippen molar-refractivity contribution in [3.8, 4) is 0 Å². The Balaban J connectivity index is 1.95. The van der Waals surface area contributed by atoms with E-state index in [2.05, 4.69) is 34.4 Å². The van der Waals surface area contributed by atoms with Gasteiger partial charge in [-0.05, 0) is 24.7 Å². The van der Waals surface area contributed by atoms with E-state index in [-0.39, 0.29) is 11.9 Å². The summed E-state index contributed by atoms with van der Waals surface area (Å²) in [6.07, 6.45) is 6.29. The molecule has 0 aromatic carbocycles. The highest BCUT2D eigenvalue weighted by Gasteiger charge is 2.31. The fourth-order valence-corrected chi connectivity index (χ4v) is 2.39. The molecule has 1 aromatic rings. The third-order valence-corrected chi connectivity index (χ3v) is 3.44. The van der Waals surface area contributed by atoms with E-state index < -0.39 is 0 Å². The number of amides is 1. The molecule has 2 N–H and O–H groups in total. The van der Waals surface area contributed by atoms with Crippen molar-refractivity contribution in [2.24, 2.45) is 5.41 Å². The maximum Gasteiger partial charge on any atom is 0.271 e. The van der Waals surface area contributed by atoms with E-state index >= 15 is 0 Å². The highest BCUT2D eigenvalue weighted by atomic mass is 16.1. The third-order valence-electron chi connectivity index (χ3n) is 3.44. The van der Waals surface area contributed by atoms with Gasteiger partial charge in [-0.25, -0.2) is 9.97 Å². The van der Waals surface area contributed by atoms with Gasteiger partial charge >= 0.3 is 0 Å². The molecule has 1 atom stereocenters. The van der Waals surface area contributed by atoms with Gasteiger partial charge in [0.1, 0.15) is 11.5 Å². The second-order valence-corrected chi connectivity index (χ2v) is 5.61. The zero-order valence-electron chi connectivity index (χ0n) is 11.2. The minimum absolute atomic E-state index is 0.132. The Morgan fingerprint density at radius 1 is 1.39 bits per heavy atom. The molecule has 1 heterocycles. The molecule has 0 radical (unpaired) electrons. The third kappa shape index (κ3) is 2.97. The van der Waals surface area contributed by atoms with Gasteiger partial charge in [0.05, 0.1) is 12.4 Å². The molecule has 0 saturated heterocycles. The first-order valence-electron chi connectivity index (χ1n) is 6.31. The van der Waals surface area contributed by atoms with Crippen LogP contribution in [-0.2, 0) is 0 Å². The molecule has 5 heteroatoms. The van der Waals surface area contributed by atoms with Gasteiger partial charge < -0.3 is 10.6 Å². The fourth-order valence-electron chi connectivity index (χ4n) is 2.39. The van der Waals surface area contributed by atoms with Gasteiger partial charge in [0.2, 0.25) is 0 Å². The fraction of sp³-hybridized carbons (Fsp3) is 0.615. The predicted octanol–water partition coefficient (Wildman–Crippen LogP) is 1.83. The van der Waals surface area contributed by atoms with Crippen molar-refractivity contribution >= 4 is 11.7 Å². The van der Waals surface area contributed by atoms with Crippen LogP contribution in [0.2, 0.25) is 0 Å². The second-order valence-electron chi connectivity index (χ2n) is 5.61.